The van der Waals surface area contributed by atoms with Gasteiger partial charge in [0.2, 0.25) is 5.91 Å². The SMILES string of the molecule is C#CCC(N)C(=O)NC1CCSc2ccc(F)cc21. The van der Waals surface area contributed by atoms with Crippen LogP contribution in [0.4, 0.5) is 4.39 Å². The topological polar surface area (TPSA) is 55.1 Å². The lowest BCUT2D eigenvalue weighted by molar-refractivity contribution is -0.123. The highest BCUT2D eigenvalue weighted by molar-refractivity contribution is 7.99. The van der Waals surface area contributed by atoms with E-state index in [4.69, 9.17) is 12.2 Å². The first-order valence-electron chi connectivity index (χ1n) is 6.03. The monoisotopic (exact) mass is 278 g/mol. The van der Waals surface area contributed by atoms with Crippen molar-refractivity contribution >= 4 is 17.7 Å². The molecule has 0 aliphatic carbocycles. The molecule has 1 aromatic rings. The number of carbonyl (C=O) groups is 1. The van der Waals surface area contributed by atoms with Gasteiger partial charge < -0.3 is 11.1 Å². The molecule has 1 aliphatic rings. The van der Waals surface area contributed by atoms with E-state index in [-0.39, 0.29) is 24.2 Å². The lowest BCUT2D eigenvalue weighted by Gasteiger charge is -2.26. The van der Waals surface area contributed by atoms with Crippen molar-refractivity contribution in [1.82, 2.24) is 5.32 Å². The van der Waals surface area contributed by atoms with Crippen molar-refractivity contribution in [2.45, 2.75) is 29.8 Å². The first-order chi connectivity index (χ1) is 9.11. The van der Waals surface area contributed by atoms with Gasteiger partial charge in [0.15, 0.2) is 0 Å². The Bertz CT molecular complexity index is 527. The van der Waals surface area contributed by atoms with Gasteiger partial charge in [0.1, 0.15) is 5.82 Å². The number of fused-ring (bicyclic) bond motifs is 1. The molecule has 19 heavy (non-hydrogen) atoms. The van der Waals surface area contributed by atoms with Crippen molar-refractivity contribution in [1.29, 1.82) is 0 Å². The Morgan fingerprint density at radius 1 is 1.68 bits per heavy atom. The van der Waals surface area contributed by atoms with Gasteiger partial charge in [0.25, 0.3) is 0 Å². The van der Waals surface area contributed by atoms with Crippen LogP contribution in [0.5, 0.6) is 0 Å². The summed E-state index contributed by atoms with van der Waals surface area (Å²) >= 11 is 1.67. The Morgan fingerprint density at radius 3 is 3.21 bits per heavy atom. The van der Waals surface area contributed by atoms with Crippen molar-refractivity contribution in [2.24, 2.45) is 5.73 Å². The number of nitrogens with two attached hydrogens (primary N) is 1. The van der Waals surface area contributed by atoms with Gasteiger partial charge in [-0.3, -0.25) is 4.79 Å². The second-order valence-corrected chi connectivity index (χ2v) is 5.53. The summed E-state index contributed by atoms with van der Waals surface area (Å²) in [5, 5.41) is 2.85. The van der Waals surface area contributed by atoms with Crippen LogP contribution in [0.3, 0.4) is 0 Å². The van der Waals surface area contributed by atoms with Crippen LogP contribution in [0.25, 0.3) is 0 Å². The number of amides is 1. The van der Waals surface area contributed by atoms with Crippen LogP contribution in [0.15, 0.2) is 23.1 Å². The number of rotatable bonds is 3. The van der Waals surface area contributed by atoms with Gasteiger partial charge in [0.05, 0.1) is 12.1 Å². The molecule has 100 valence electrons. The Balaban J connectivity index is 2.13. The Kier molecular flexibility index (Phi) is 4.46. The fourth-order valence-corrected chi connectivity index (χ4v) is 3.12. The second kappa shape index (κ2) is 6.09. The Labute approximate surface area is 116 Å². The van der Waals surface area contributed by atoms with Crippen LogP contribution in [0.1, 0.15) is 24.4 Å². The van der Waals surface area contributed by atoms with Gasteiger partial charge in [-0.1, -0.05) is 0 Å². The van der Waals surface area contributed by atoms with Crippen LogP contribution in [-0.4, -0.2) is 17.7 Å². The van der Waals surface area contributed by atoms with Crippen molar-refractivity contribution in [3.05, 3.63) is 29.6 Å². The third-order valence-corrected chi connectivity index (χ3v) is 4.12. The highest BCUT2D eigenvalue weighted by Gasteiger charge is 2.24. The molecule has 2 atom stereocenters. The number of benzene rings is 1. The lowest BCUT2D eigenvalue weighted by Crippen LogP contribution is -2.42. The first kappa shape index (κ1) is 13.9. The van der Waals surface area contributed by atoms with Gasteiger partial charge in [-0.2, -0.15) is 0 Å². The molecule has 3 N–H and O–H groups in total. The molecule has 0 bridgehead atoms. The van der Waals surface area contributed by atoms with Gasteiger partial charge in [-0.25, -0.2) is 4.39 Å². The second-order valence-electron chi connectivity index (χ2n) is 4.40. The predicted octanol–water partition coefficient (Wildman–Crippen LogP) is 1.83. The molecule has 0 fully saturated rings. The quantitative estimate of drug-likeness (QED) is 0.829. The maximum absolute atomic E-state index is 13.3. The van der Waals surface area contributed by atoms with Crippen LogP contribution >= 0.6 is 11.8 Å². The third kappa shape index (κ3) is 3.28. The number of hydrogen-bond donors (Lipinski definition) is 2. The zero-order chi connectivity index (χ0) is 13.8. The minimum Gasteiger partial charge on any atom is -0.348 e. The van der Waals surface area contributed by atoms with E-state index in [1.807, 2.05) is 0 Å². The fourth-order valence-electron chi connectivity index (χ4n) is 2.01. The highest BCUT2D eigenvalue weighted by atomic mass is 32.2. The van der Waals surface area contributed by atoms with E-state index in [0.717, 1.165) is 22.6 Å². The molecule has 1 heterocycles. The van der Waals surface area contributed by atoms with E-state index in [0.29, 0.717) is 0 Å². The largest absolute Gasteiger partial charge is 0.348 e. The van der Waals surface area contributed by atoms with Crippen molar-refractivity contribution in [3.63, 3.8) is 0 Å². The number of carbonyl (C=O) groups excluding carboxylic acids is 1. The van der Waals surface area contributed by atoms with E-state index in [1.54, 1.807) is 17.8 Å². The summed E-state index contributed by atoms with van der Waals surface area (Å²) in [6.07, 6.45) is 6.09. The van der Waals surface area contributed by atoms with Gasteiger partial charge in [-0.15, -0.1) is 24.1 Å². The minimum absolute atomic E-state index is 0.191. The fraction of sp³-hybridized carbons (Fsp3) is 0.357. The Hall–Kier alpha value is -1.51. The molecule has 2 unspecified atom stereocenters. The number of hydrogen-bond acceptors (Lipinski definition) is 3. The van der Waals surface area contributed by atoms with Crippen molar-refractivity contribution < 1.29 is 9.18 Å². The zero-order valence-electron chi connectivity index (χ0n) is 10.4. The summed E-state index contributed by atoms with van der Waals surface area (Å²) in [6, 6.07) is 3.74. The normalized spacial score (nSPS) is 19.1. The van der Waals surface area contributed by atoms with E-state index in [1.165, 1.54) is 12.1 Å². The molecule has 0 spiro atoms. The Morgan fingerprint density at radius 2 is 2.47 bits per heavy atom. The molecule has 2 rings (SSSR count). The smallest absolute Gasteiger partial charge is 0.238 e. The number of halogens is 1. The van der Waals surface area contributed by atoms with Crippen molar-refractivity contribution in [2.75, 3.05) is 5.75 Å². The molecule has 5 heteroatoms. The molecule has 0 radical (unpaired) electrons. The standard InChI is InChI=1S/C14H15FN2OS/c1-2-3-11(16)14(18)17-12-6-7-19-13-5-4-9(15)8-10(12)13/h1,4-5,8,11-12H,3,6-7,16H2,(H,17,18). The average molecular weight is 278 g/mol. The van der Waals surface area contributed by atoms with Crippen LogP contribution in [-0.2, 0) is 4.79 Å². The molecular formula is C14H15FN2OS. The maximum Gasteiger partial charge on any atom is 0.238 e. The molecular weight excluding hydrogens is 263 g/mol. The molecule has 1 aliphatic heterocycles. The summed E-state index contributed by atoms with van der Waals surface area (Å²) in [4.78, 5) is 12.9. The number of terminal acetylenes is 1. The lowest BCUT2D eigenvalue weighted by atomic mass is 10.0. The molecule has 0 saturated heterocycles. The van der Waals surface area contributed by atoms with E-state index < -0.39 is 6.04 Å². The van der Waals surface area contributed by atoms with Crippen molar-refractivity contribution in [3.8, 4) is 12.3 Å². The molecule has 0 aromatic heterocycles. The summed E-state index contributed by atoms with van der Waals surface area (Å²) in [7, 11) is 0. The van der Waals surface area contributed by atoms with Crippen LogP contribution in [0.2, 0.25) is 0 Å². The van der Waals surface area contributed by atoms with Gasteiger partial charge in [0, 0.05) is 17.1 Å². The summed E-state index contributed by atoms with van der Waals surface area (Å²) in [5.74, 6) is 2.66. The molecule has 0 saturated carbocycles. The van der Waals surface area contributed by atoms with E-state index in [2.05, 4.69) is 11.2 Å². The molecule has 3 nitrogen and oxygen atoms in total. The van der Waals surface area contributed by atoms with E-state index in [9.17, 15) is 9.18 Å². The maximum atomic E-state index is 13.3. The minimum atomic E-state index is -0.711. The number of thioether (sulfide) groups is 1. The van der Waals surface area contributed by atoms with Gasteiger partial charge >= 0.3 is 0 Å². The summed E-state index contributed by atoms with van der Waals surface area (Å²) in [5.41, 5.74) is 6.48. The third-order valence-electron chi connectivity index (χ3n) is 3.00. The first-order valence-corrected chi connectivity index (χ1v) is 7.02. The van der Waals surface area contributed by atoms with E-state index >= 15 is 0 Å². The zero-order valence-corrected chi connectivity index (χ0v) is 11.2. The predicted molar refractivity (Wildman–Crippen MR) is 74.1 cm³/mol. The summed E-state index contributed by atoms with van der Waals surface area (Å²) < 4.78 is 13.3. The number of nitrogens with one attached hydrogen (secondary N) is 1. The molecule has 1 aromatic carbocycles. The van der Waals surface area contributed by atoms with Crippen LogP contribution < -0.4 is 11.1 Å². The molecule has 1 amide bonds. The van der Waals surface area contributed by atoms with Crippen LogP contribution in [0, 0.1) is 18.2 Å². The van der Waals surface area contributed by atoms with Gasteiger partial charge in [-0.05, 0) is 30.2 Å². The highest BCUT2D eigenvalue weighted by Crippen LogP contribution is 2.36. The summed E-state index contributed by atoms with van der Waals surface area (Å²) in [6.45, 7) is 0. The average Bonchev–Trinajstić information content (AvgIpc) is 2.39.